The van der Waals surface area contributed by atoms with Crippen LogP contribution in [-0.2, 0) is 17.7 Å². The van der Waals surface area contributed by atoms with Crippen LogP contribution in [0.3, 0.4) is 0 Å². The van der Waals surface area contributed by atoms with Crippen LogP contribution in [0, 0.1) is 6.92 Å². The first-order valence-electron chi connectivity index (χ1n) is 10.1. The Kier molecular flexibility index (Phi) is 6.54. The van der Waals surface area contributed by atoms with Crippen molar-refractivity contribution in [3.8, 4) is 5.75 Å². The molecular formula is C23H27N3O2S. The number of hydrogen-bond donors (Lipinski definition) is 0. The molecule has 0 radical (unpaired) electrons. The van der Waals surface area contributed by atoms with Crippen molar-refractivity contribution in [3.63, 3.8) is 0 Å². The van der Waals surface area contributed by atoms with Gasteiger partial charge in [-0.3, -0.25) is 9.88 Å². The second-order valence-corrected chi connectivity index (χ2v) is 8.57. The molecule has 1 aliphatic rings. The molecule has 5 nitrogen and oxygen atoms in total. The fraction of sp³-hybridized carbons (Fsp3) is 0.391. The molecule has 0 spiro atoms. The highest BCUT2D eigenvalue weighted by atomic mass is 32.1. The first-order chi connectivity index (χ1) is 14.2. The zero-order chi connectivity index (χ0) is 20.1. The lowest BCUT2D eigenvalue weighted by atomic mass is 10.0. The van der Waals surface area contributed by atoms with Crippen LogP contribution in [0.5, 0.6) is 5.75 Å². The first-order valence-corrected chi connectivity index (χ1v) is 10.9. The average Bonchev–Trinajstić information content (AvgIpc) is 3.15. The number of nitrogens with zero attached hydrogens (tertiary/aromatic N) is 3. The molecular weight excluding hydrogens is 382 g/mol. The Hall–Kier alpha value is -2.28. The summed E-state index contributed by atoms with van der Waals surface area (Å²) < 4.78 is 11.8. The molecule has 3 heterocycles. The lowest BCUT2D eigenvalue weighted by molar-refractivity contribution is -0.0347. The van der Waals surface area contributed by atoms with Crippen molar-refractivity contribution in [2.24, 2.45) is 0 Å². The van der Waals surface area contributed by atoms with Crippen LogP contribution >= 0.6 is 11.3 Å². The Bertz CT molecular complexity index is 926. The Morgan fingerprint density at radius 2 is 2.07 bits per heavy atom. The van der Waals surface area contributed by atoms with E-state index >= 15 is 0 Å². The molecule has 6 heteroatoms. The summed E-state index contributed by atoms with van der Waals surface area (Å²) >= 11 is 1.77. The molecule has 2 aromatic heterocycles. The predicted molar refractivity (Wildman–Crippen MR) is 115 cm³/mol. The van der Waals surface area contributed by atoms with Gasteiger partial charge in [0, 0.05) is 43.3 Å². The number of morpholine rings is 1. The molecule has 152 valence electrons. The fourth-order valence-corrected chi connectivity index (χ4v) is 4.46. The zero-order valence-corrected chi connectivity index (χ0v) is 17.8. The fourth-order valence-electron chi connectivity index (χ4n) is 3.62. The minimum Gasteiger partial charge on any atom is -0.494 e. The number of aryl methyl sites for hydroxylation is 1. The summed E-state index contributed by atoms with van der Waals surface area (Å²) in [6.45, 7) is 8.19. The summed E-state index contributed by atoms with van der Waals surface area (Å²) in [4.78, 5) is 12.8. The number of hydrogen-bond acceptors (Lipinski definition) is 6. The summed E-state index contributed by atoms with van der Waals surface area (Å²) in [5.74, 6) is 0.948. The molecule has 0 amide bonds. The van der Waals surface area contributed by atoms with E-state index in [0.717, 1.165) is 49.1 Å². The van der Waals surface area contributed by atoms with Crippen molar-refractivity contribution in [1.29, 1.82) is 0 Å². The van der Waals surface area contributed by atoms with Gasteiger partial charge in [-0.25, -0.2) is 4.98 Å². The van der Waals surface area contributed by atoms with Crippen LogP contribution in [0.25, 0.3) is 0 Å². The van der Waals surface area contributed by atoms with E-state index in [1.54, 1.807) is 11.3 Å². The van der Waals surface area contributed by atoms with Crippen molar-refractivity contribution >= 4 is 11.3 Å². The summed E-state index contributed by atoms with van der Waals surface area (Å²) in [5, 5.41) is 1.12. The molecule has 3 aromatic rings. The number of rotatable bonds is 7. The number of ether oxygens (including phenoxy) is 2. The monoisotopic (exact) mass is 409 g/mol. The van der Waals surface area contributed by atoms with Gasteiger partial charge in [0.15, 0.2) is 0 Å². The molecule has 29 heavy (non-hydrogen) atoms. The van der Waals surface area contributed by atoms with Gasteiger partial charge in [0.25, 0.3) is 0 Å². The van der Waals surface area contributed by atoms with Crippen molar-refractivity contribution in [2.45, 2.75) is 32.9 Å². The SMILES string of the molecule is CCOc1ccccc1Cc1ccc([C@@H]2CN(Cc3cnc(C)s3)CCO2)nc1. The summed E-state index contributed by atoms with van der Waals surface area (Å²) in [6.07, 6.45) is 4.78. The van der Waals surface area contributed by atoms with Crippen LogP contribution in [-0.4, -0.2) is 41.2 Å². The minimum absolute atomic E-state index is 0.0162. The maximum atomic E-state index is 6.01. The average molecular weight is 410 g/mol. The molecule has 4 rings (SSSR count). The molecule has 1 aliphatic heterocycles. The third-order valence-electron chi connectivity index (χ3n) is 5.04. The number of aromatic nitrogens is 2. The molecule has 0 saturated carbocycles. The van der Waals surface area contributed by atoms with E-state index < -0.39 is 0 Å². The smallest absolute Gasteiger partial charge is 0.122 e. The standard InChI is InChI=1S/C23H27N3O2S/c1-3-27-22-7-5-4-6-19(22)12-18-8-9-21(25-13-18)23-16-26(10-11-28-23)15-20-14-24-17(2)29-20/h4-9,13-14,23H,3,10-12,15-16H2,1-2H3/t23-/m0/s1. The van der Waals surface area contributed by atoms with Gasteiger partial charge in [0.05, 0.1) is 23.9 Å². The second kappa shape index (κ2) is 9.48. The molecule has 1 saturated heterocycles. The Morgan fingerprint density at radius 1 is 1.17 bits per heavy atom. The second-order valence-electron chi connectivity index (χ2n) is 7.25. The minimum atomic E-state index is 0.0162. The Morgan fingerprint density at radius 3 is 2.83 bits per heavy atom. The molecule has 1 atom stereocenters. The molecule has 0 aliphatic carbocycles. The number of pyridine rings is 1. The molecule has 0 N–H and O–H groups in total. The van der Waals surface area contributed by atoms with Crippen molar-refractivity contribution < 1.29 is 9.47 Å². The van der Waals surface area contributed by atoms with Crippen LogP contribution < -0.4 is 4.74 Å². The summed E-state index contributed by atoms with van der Waals surface area (Å²) in [6, 6.07) is 12.5. The van der Waals surface area contributed by atoms with E-state index in [4.69, 9.17) is 14.5 Å². The van der Waals surface area contributed by atoms with E-state index in [1.807, 2.05) is 31.5 Å². The Labute approximate surface area is 176 Å². The lowest BCUT2D eigenvalue weighted by Crippen LogP contribution is -2.37. The largest absolute Gasteiger partial charge is 0.494 e. The topological polar surface area (TPSA) is 47.5 Å². The van der Waals surface area contributed by atoms with Gasteiger partial charge in [0.1, 0.15) is 11.9 Å². The van der Waals surface area contributed by atoms with Gasteiger partial charge >= 0.3 is 0 Å². The first kappa shape index (κ1) is 20.0. The van der Waals surface area contributed by atoms with E-state index in [9.17, 15) is 0 Å². The van der Waals surface area contributed by atoms with E-state index in [2.05, 4.69) is 41.1 Å². The van der Waals surface area contributed by atoms with Gasteiger partial charge in [-0.1, -0.05) is 24.3 Å². The highest BCUT2D eigenvalue weighted by Crippen LogP contribution is 2.25. The van der Waals surface area contributed by atoms with E-state index in [0.29, 0.717) is 6.61 Å². The summed E-state index contributed by atoms with van der Waals surface area (Å²) in [7, 11) is 0. The predicted octanol–water partition coefficient (Wildman–Crippen LogP) is 4.41. The van der Waals surface area contributed by atoms with Gasteiger partial charge < -0.3 is 9.47 Å². The number of thiazole rings is 1. The van der Waals surface area contributed by atoms with E-state index in [-0.39, 0.29) is 6.10 Å². The highest BCUT2D eigenvalue weighted by molar-refractivity contribution is 7.11. The maximum absolute atomic E-state index is 6.01. The van der Waals surface area contributed by atoms with Crippen LogP contribution in [0.4, 0.5) is 0 Å². The van der Waals surface area contributed by atoms with Gasteiger partial charge in [-0.15, -0.1) is 11.3 Å². The van der Waals surface area contributed by atoms with Gasteiger partial charge in [-0.05, 0) is 37.1 Å². The summed E-state index contributed by atoms with van der Waals surface area (Å²) in [5.41, 5.74) is 3.36. The molecule has 1 fully saturated rings. The van der Waals surface area contributed by atoms with Crippen molar-refractivity contribution in [3.05, 3.63) is 75.5 Å². The quantitative estimate of drug-likeness (QED) is 0.578. The molecule has 0 unspecified atom stereocenters. The van der Waals surface area contributed by atoms with E-state index in [1.165, 1.54) is 16.0 Å². The zero-order valence-electron chi connectivity index (χ0n) is 17.0. The lowest BCUT2D eigenvalue weighted by Gasteiger charge is -2.32. The van der Waals surface area contributed by atoms with Crippen LogP contribution in [0.15, 0.2) is 48.8 Å². The van der Waals surface area contributed by atoms with Gasteiger partial charge in [0.2, 0.25) is 0 Å². The molecule has 1 aromatic carbocycles. The van der Waals surface area contributed by atoms with Crippen LogP contribution in [0.1, 0.15) is 39.7 Å². The maximum Gasteiger partial charge on any atom is 0.122 e. The number of benzene rings is 1. The molecule has 0 bridgehead atoms. The van der Waals surface area contributed by atoms with Crippen LogP contribution in [0.2, 0.25) is 0 Å². The van der Waals surface area contributed by atoms with Crippen molar-refractivity contribution in [1.82, 2.24) is 14.9 Å². The van der Waals surface area contributed by atoms with Crippen molar-refractivity contribution in [2.75, 3.05) is 26.3 Å². The highest BCUT2D eigenvalue weighted by Gasteiger charge is 2.23. The van der Waals surface area contributed by atoms with Gasteiger partial charge in [-0.2, -0.15) is 0 Å². The Balaban J connectivity index is 1.39. The number of para-hydroxylation sites is 1. The third-order valence-corrected chi connectivity index (χ3v) is 5.94. The normalized spacial score (nSPS) is 17.4. The third kappa shape index (κ3) is 5.21.